The predicted molar refractivity (Wildman–Crippen MR) is 49.6 cm³/mol. The number of aromatic amines is 1. The predicted octanol–water partition coefficient (Wildman–Crippen LogP) is 1.21. The van der Waals surface area contributed by atoms with E-state index >= 15 is 0 Å². The van der Waals surface area contributed by atoms with Gasteiger partial charge >= 0.3 is 0 Å². The fraction of sp³-hybridized carbons (Fsp3) is 0.111. The van der Waals surface area contributed by atoms with Crippen molar-refractivity contribution < 1.29 is 8.78 Å². The lowest BCUT2D eigenvalue weighted by Crippen LogP contribution is -1.97. The smallest absolute Gasteiger partial charge is 0.181 e. The van der Waals surface area contributed by atoms with Gasteiger partial charge in [0, 0.05) is 11.6 Å². The molecule has 2 aromatic rings. The molecule has 6 heteroatoms. The number of hydrogen-bond acceptors (Lipinski definition) is 3. The maximum atomic E-state index is 12.9. The summed E-state index contributed by atoms with van der Waals surface area (Å²) in [5.41, 5.74) is 5.60. The second-order valence-electron chi connectivity index (χ2n) is 2.97. The minimum Gasteiger partial charge on any atom is -0.324 e. The summed E-state index contributed by atoms with van der Waals surface area (Å²) in [5.74, 6) is -0.628. The summed E-state index contributed by atoms with van der Waals surface area (Å²) in [4.78, 5) is 3.96. The Balaban J connectivity index is 2.44. The van der Waals surface area contributed by atoms with Crippen molar-refractivity contribution in [2.24, 2.45) is 5.73 Å². The Bertz CT molecular complexity index is 460. The van der Waals surface area contributed by atoms with E-state index in [0.29, 0.717) is 5.82 Å². The Kier molecular flexibility index (Phi) is 2.42. The lowest BCUT2D eigenvalue weighted by molar-refractivity contribution is 0.584. The van der Waals surface area contributed by atoms with Crippen molar-refractivity contribution in [2.75, 3.05) is 0 Å². The molecule has 0 spiro atoms. The highest BCUT2D eigenvalue weighted by atomic mass is 19.1. The third kappa shape index (κ3) is 1.99. The molecule has 0 unspecified atom stereocenters. The van der Waals surface area contributed by atoms with Gasteiger partial charge in [-0.05, 0) is 12.1 Å². The topological polar surface area (TPSA) is 67.6 Å². The molecule has 0 fully saturated rings. The summed E-state index contributed by atoms with van der Waals surface area (Å²) < 4.78 is 25.7. The van der Waals surface area contributed by atoms with Crippen LogP contribution < -0.4 is 5.73 Å². The van der Waals surface area contributed by atoms with Crippen LogP contribution in [-0.2, 0) is 6.54 Å². The molecule has 0 saturated carbocycles. The molecule has 0 aliphatic carbocycles. The normalized spacial score (nSPS) is 10.6. The first-order chi connectivity index (χ1) is 7.19. The van der Waals surface area contributed by atoms with Gasteiger partial charge in [0.15, 0.2) is 5.82 Å². The van der Waals surface area contributed by atoms with E-state index in [2.05, 4.69) is 15.2 Å². The monoisotopic (exact) mass is 210 g/mol. The average molecular weight is 210 g/mol. The Morgan fingerprint density at radius 2 is 1.87 bits per heavy atom. The summed E-state index contributed by atoms with van der Waals surface area (Å²) in [7, 11) is 0. The zero-order valence-electron chi connectivity index (χ0n) is 7.67. The molecule has 1 aromatic carbocycles. The van der Waals surface area contributed by atoms with E-state index in [1.807, 2.05) is 0 Å². The van der Waals surface area contributed by atoms with Gasteiger partial charge in [-0.25, -0.2) is 13.8 Å². The SMILES string of the molecule is NCc1nc(-c2cc(F)cc(F)c2)n[nH]1. The van der Waals surface area contributed by atoms with Gasteiger partial charge in [0.1, 0.15) is 17.5 Å². The van der Waals surface area contributed by atoms with Crippen molar-refractivity contribution in [2.45, 2.75) is 6.54 Å². The van der Waals surface area contributed by atoms with Gasteiger partial charge in [-0.15, -0.1) is 0 Å². The number of benzene rings is 1. The van der Waals surface area contributed by atoms with Crippen molar-refractivity contribution >= 4 is 0 Å². The highest BCUT2D eigenvalue weighted by Gasteiger charge is 2.07. The Morgan fingerprint density at radius 3 is 2.40 bits per heavy atom. The average Bonchev–Trinajstić information content (AvgIpc) is 2.64. The number of rotatable bonds is 2. The van der Waals surface area contributed by atoms with Gasteiger partial charge in [-0.3, -0.25) is 5.10 Å². The Morgan fingerprint density at radius 1 is 1.20 bits per heavy atom. The second kappa shape index (κ2) is 3.74. The molecule has 78 valence electrons. The van der Waals surface area contributed by atoms with Crippen LogP contribution in [0.2, 0.25) is 0 Å². The maximum Gasteiger partial charge on any atom is 0.181 e. The largest absolute Gasteiger partial charge is 0.324 e. The number of nitrogens with one attached hydrogen (secondary N) is 1. The van der Waals surface area contributed by atoms with Gasteiger partial charge < -0.3 is 5.73 Å². The molecule has 1 aromatic heterocycles. The molecule has 0 amide bonds. The van der Waals surface area contributed by atoms with Gasteiger partial charge in [0.25, 0.3) is 0 Å². The van der Waals surface area contributed by atoms with E-state index in [9.17, 15) is 8.78 Å². The molecule has 1 heterocycles. The molecule has 0 bridgehead atoms. The van der Waals surface area contributed by atoms with Crippen molar-refractivity contribution in [1.29, 1.82) is 0 Å². The van der Waals surface area contributed by atoms with E-state index in [1.54, 1.807) is 0 Å². The van der Waals surface area contributed by atoms with Crippen molar-refractivity contribution in [3.63, 3.8) is 0 Å². The van der Waals surface area contributed by atoms with E-state index in [4.69, 9.17) is 5.73 Å². The van der Waals surface area contributed by atoms with E-state index in [0.717, 1.165) is 18.2 Å². The minimum absolute atomic E-state index is 0.199. The van der Waals surface area contributed by atoms with Crippen LogP contribution in [0.25, 0.3) is 11.4 Å². The summed E-state index contributed by atoms with van der Waals surface area (Å²) in [6.45, 7) is 0.199. The molecular formula is C9H8F2N4. The molecule has 0 radical (unpaired) electrons. The number of H-pyrrole nitrogens is 1. The van der Waals surface area contributed by atoms with Gasteiger partial charge in [0.05, 0.1) is 6.54 Å². The van der Waals surface area contributed by atoms with E-state index < -0.39 is 11.6 Å². The molecule has 15 heavy (non-hydrogen) atoms. The third-order valence-electron chi connectivity index (χ3n) is 1.85. The molecule has 0 atom stereocenters. The van der Waals surface area contributed by atoms with Gasteiger partial charge in [-0.1, -0.05) is 0 Å². The first-order valence-electron chi connectivity index (χ1n) is 4.27. The van der Waals surface area contributed by atoms with Crippen LogP contribution in [0.4, 0.5) is 8.78 Å². The summed E-state index contributed by atoms with van der Waals surface area (Å²) in [6.07, 6.45) is 0. The van der Waals surface area contributed by atoms with Crippen LogP contribution >= 0.6 is 0 Å². The molecule has 0 aliphatic heterocycles. The van der Waals surface area contributed by atoms with Crippen LogP contribution in [0, 0.1) is 11.6 Å². The lowest BCUT2D eigenvalue weighted by Gasteiger charge is -1.95. The molecule has 2 rings (SSSR count). The van der Waals surface area contributed by atoms with Crippen molar-refractivity contribution in [3.8, 4) is 11.4 Å². The number of hydrogen-bond donors (Lipinski definition) is 2. The van der Waals surface area contributed by atoms with Gasteiger partial charge in [0.2, 0.25) is 0 Å². The summed E-state index contributed by atoms with van der Waals surface area (Å²) >= 11 is 0. The van der Waals surface area contributed by atoms with Gasteiger partial charge in [-0.2, -0.15) is 5.10 Å². The number of nitrogens with two attached hydrogens (primary N) is 1. The van der Waals surface area contributed by atoms with Crippen LogP contribution in [0.3, 0.4) is 0 Å². The second-order valence-corrected chi connectivity index (χ2v) is 2.97. The third-order valence-corrected chi connectivity index (χ3v) is 1.85. The van der Waals surface area contributed by atoms with Crippen molar-refractivity contribution in [3.05, 3.63) is 35.7 Å². The fourth-order valence-corrected chi connectivity index (χ4v) is 1.20. The standard InChI is InChI=1S/C9H8F2N4/c10-6-1-5(2-7(11)3-6)9-13-8(4-12)14-15-9/h1-3H,4,12H2,(H,13,14,15). The molecule has 0 aliphatic rings. The molecule has 4 nitrogen and oxygen atoms in total. The Hall–Kier alpha value is -1.82. The highest BCUT2D eigenvalue weighted by molar-refractivity contribution is 5.54. The maximum absolute atomic E-state index is 12.9. The van der Waals surface area contributed by atoms with Crippen molar-refractivity contribution in [1.82, 2.24) is 15.2 Å². The quantitative estimate of drug-likeness (QED) is 0.782. The Labute approximate surface area is 84.1 Å². The summed E-state index contributed by atoms with van der Waals surface area (Å²) in [6, 6.07) is 3.11. The molecular weight excluding hydrogens is 202 g/mol. The van der Waals surface area contributed by atoms with Crippen LogP contribution in [0.15, 0.2) is 18.2 Å². The number of halogens is 2. The zero-order valence-corrected chi connectivity index (χ0v) is 7.67. The van der Waals surface area contributed by atoms with Crippen LogP contribution in [-0.4, -0.2) is 15.2 Å². The van der Waals surface area contributed by atoms with Crippen LogP contribution in [0.5, 0.6) is 0 Å². The zero-order chi connectivity index (χ0) is 10.8. The highest BCUT2D eigenvalue weighted by Crippen LogP contribution is 2.17. The lowest BCUT2D eigenvalue weighted by atomic mass is 10.2. The van der Waals surface area contributed by atoms with E-state index in [1.165, 1.54) is 0 Å². The number of aromatic nitrogens is 3. The first kappa shape index (κ1) is 9.72. The molecule has 0 saturated heterocycles. The van der Waals surface area contributed by atoms with E-state index in [-0.39, 0.29) is 17.9 Å². The fourth-order valence-electron chi connectivity index (χ4n) is 1.20. The van der Waals surface area contributed by atoms with Crippen LogP contribution in [0.1, 0.15) is 5.82 Å². The summed E-state index contributed by atoms with van der Waals surface area (Å²) in [5, 5.41) is 6.35. The first-order valence-corrected chi connectivity index (χ1v) is 4.27. The minimum atomic E-state index is -0.663. The molecule has 3 N–H and O–H groups in total. The number of nitrogens with zero attached hydrogens (tertiary/aromatic N) is 2.